The molecule has 1 aliphatic rings. The molecule has 0 spiro atoms. The number of aryl methyl sites for hydroxylation is 2. The summed E-state index contributed by atoms with van der Waals surface area (Å²) in [6.45, 7) is 10.1. The normalized spacial score (nSPS) is 18.8. The Hall–Kier alpha value is -2.52. The van der Waals surface area contributed by atoms with Crippen molar-refractivity contribution in [3.63, 3.8) is 0 Å². The standard InChI is InChI=1S/C31H39NOS/c1-6-12-25(13-7-2)27-17-11-18-28(22-27)34-29-19-9-8-16-26(29)20-21-30(33)32(5)31-23(3)14-10-15-24(31)4/h6-7,10-15,17-18,22,26,29H,1,8-9,16,19-21H2,2-5H3/b13-7-,25-12+/t26-,29+/m1/s1. The van der Waals surface area contributed by atoms with E-state index in [4.69, 9.17) is 0 Å². The van der Waals surface area contributed by atoms with Crippen molar-refractivity contribution in [2.45, 2.75) is 69.4 Å². The molecule has 0 N–H and O–H groups in total. The predicted molar refractivity (Wildman–Crippen MR) is 150 cm³/mol. The van der Waals surface area contributed by atoms with Crippen molar-refractivity contribution in [3.8, 4) is 0 Å². The molecule has 1 aliphatic carbocycles. The number of hydrogen-bond donors (Lipinski definition) is 0. The summed E-state index contributed by atoms with van der Waals surface area (Å²) >= 11 is 2.00. The molecule has 3 heteroatoms. The number of benzene rings is 2. The van der Waals surface area contributed by atoms with E-state index < -0.39 is 0 Å². The zero-order valence-corrected chi connectivity index (χ0v) is 22.0. The van der Waals surface area contributed by atoms with E-state index in [0.29, 0.717) is 17.6 Å². The maximum absolute atomic E-state index is 13.1. The molecule has 1 amide bonds. The van der Waals surface area contributed by atoms with Crippen molar-refractivity contribution in [2.75, 3.05) is 11.9 Å². The van der Waals surface area contributed by atoms with E-state index in [-0.39, 0.29) is 5.91 Å². The van der Waals surface area contributed by atoms with Crippen LogP contribution < -0.4 is 4.90 Å². The van der Waals surface area contributed by atoms with Crippen molar-refractivity contribution in [1.29, 1.82) is 0 Å². The highest BCUT2D eigenvalue weighted by atomic mass is 32.2. The quantitative estimate of drug-likeness (QED) is 0.340. The minimum absolute atomic E-state index is 0.222. The van der Waals surface area contributed by atoms with Crippen molar-refractivity contribution in [1.82, 2.24) is 0 Å². The molecule has 2 nitrogen and oxygen atoms in total. The summed E-state index contributed by atoms with van der Waals surface area (Å²) in [6.07, 6.45) is 14.7. The average molecular weight is 474 g/mol. The average Bonchev–Trinajstić information content (AvgIpc) is 2.83. The smallest absolute Gasteiger partial charge is 0.226 e. The zero-order chi connectivity index (χ0) is 24.5. The van der Waals surface area contributed by atoms with Crippen molar-refractivity contribution in [3.05, 3.63) is 90.0 Å². The van der Waals surface area contributed by atoms with Gasteiger partial charge in [-0.15, -0.1) is 11.8 Å². The minimum atomic E-state index is 0.222. The first kappa shape index (κ1) is 26.1. The van der Waals surface area contributed by atoms with Crippen LogP contribution in [0.2, 0.25) is 0 Å². The molecule has 0 aromatic heterocycles. The van der Waals surface area contributed by atoms with Crippen LogP contribution in [0.4, 0.5) is 5.69 Å². The third-order valence-electron chi connectivity index (χ3n) is 6.82. The molecule has 34 heavy (non-hydrogen) atoms. The summed E-state index contributed by atoms with van der Waals surface area (Å²) in [7, 11) is 1.93. The third-order valence-corrected chi connectivity index (χ3v) is 8.27. The molecule has 3 rings (SSSR count). The molecule has 0 saturated heterocycles. The molecule has 1 fully saturated rings. The Bertz CT molecular complexity index is 1030. The molecule has 0 heterocycles. The fraction of sp³-hybridized carbons (Fsp3) is 0.387. The Balaban J connectivity index is 1.67. The fourth-order valence-corrected chi connectivity index (χ4v) is 6.52. The van der Waals surface area contributed by atoms with E-state index in [1.807, 2.05) is 36.7 Å². The van der Waals surface area contributed by atoms with E-state index in [9.17, 15) is 4.79 Å². The molecule has 2 aromatic rings. The fourth-order valence-electron chi connectivity index (χ4n) is 5.07. The number of para-hydroxylation sites is 1. The van der Waals surface area contributed by atoms with E-state index in [1.165, 1.54) is 41.7 Å². The van der Waals surface area contributed by atoms with Crippen molar-refractivity contribution < 1.29 is 4.79 Å². The second kappa shape index (κ2) is 12.8. The number of allylic oxidation sites excluding steroid dienone is 5. The topological polar surface area (TPSA) is 20.3 Å². The number of rotatable bonds is 9. The number of anilines is 1. The highest BCUT2D eigenvalue weighted by molar-refractivity contribution is 8.00. The summed E-state index contributed by atoms with van der Waals surface area (Å²) in [5.74, 6) is 0.802. The lowest BCUT2D eigenvalue weighted by atomic mass is 9.85. The molecular formula is C31H39NOS. The largest absolute Gasteiger partial charge is 0.315 e. The Morgan fingerprint density at radius 1 is 1.12 bits per heavy atom. The molecule has 0 aliphatic heterocycles. The first-order chi connectivity index (χ1) is 16.4. The monoisotopic (exact) mass is 473 g/mol. The number of hydrogen-bond acceptors (Lipinski definition) is 2. The first-order valence-electron chi connectivity index (χ1n) is 12.5. The highest BCUT2D eigenvalue weighted by Crippen LogP contribution is 2.40. The molecule has 0 radical (unpaired) electrons. The Morgan fingerprint density at radius 3 is 2.53 bits per heavy atom. The lowest BCUT2D eigenvalue weighted by molar-refractivity contribution is -0.118. The molecule has 0 unspecified atom stereocenters. The Kier molecular flexibility index (Phi) is 9.83. The Morgan fingerprint density at radius 2 is 1.82 bits per heavy atom. The summed E-state index contributed by atoms with van der Waals surface area (Å²) in [6, 6.07) is 15.1. The summed E-state index contributed by atoms with van der Waals surface area (Å²) < 4.78 is 0. The molecule has 2 aromatic carbocycles. The zero-order valence-electron chi connectivity index (χ0n) is 21.2. The molecule has 180 valence electrons. The summed E-state index contributed by atoms with van der Waals surface area (Å²) in [4.78, 5) is 16.3. The Labute approximate surface area is 210 Å². The van der Waals surface area contributed by atoms with Gasteiger partial charge in [0.1, 0.15) is 0 Å². The first-order valence-corrected chi connectivity index (χ1v) is 13.4. The van der Waals surface area contributed by atoms with Crippen LogP contribution in [0.1, 0.15) is 62.1 Å². The SMILES string of the molecule is C=C/C=C(\C=C/C)c1cccc(S[C@H]2CCCC[C@@H]2CCC(=O)N(C)c2c(C)cccc2C)c1. The van der Waals surface area contributed by atoms with Crippen LogP contribution in [0.25, 0.3) is 5.57 Å². The number of carbonyl (C=O) groups excluding carboxylic acids is 1. The van der Waals surface area contributed by atoms with Crippen LogP contribution in [0.15, 0.2) is 78.2 Å². The van der Waals surface area contributed by atoms with Gasteiger partial charge in [-0.2, -0.15) is 0 Å². The predicted octanol–water partition coefficient (Wildman–Crippen LogP) is 8.54. The van der Waals surface area contributed by atoms with Gasteiger partial charge in [0.05, 0.1) is 0 Å². The maximum Gasteiger partial charge on any atom is 0.226 e. The maximum atomic E-state index is 13.1. The number of nitrogens with zero attached hydrogens (tertiary/aromatic N) is 1. The number of carbonyl (C=O) groups is 1. The number of thioether (sulfide) groups is 1. The van der Waals surface area contributed by atoms with Crippen molar-refractivity contribution in [2.24, 2.45) is 5.92 Å². The molecule has 0 bridgehead atoms. The van der Waals surface area contributed by atoms with E-state index in [1.54, 1.807) is 0 Å². The second-order valence-electron chi connectivity index (χ2n) is 9.32. The van der Waals surface area contributed by atoms with Crippen LogP contribution in [0.3, 0.4) is 0 Å². The summed E-state index contributed by atoms with van der Waals surface area (Å²) in [5.41, 5.74) is 5.78. The van der Waals surface area contributed by atoms with Crippen LogP contribution in [-0.2, 0) is 4.79 Å². The second-order valence-corrected chi connectivity index (χ2v) is 10.6. The van der Waals surface area contributed by atoms with E-state index in [0.717, 1.165) is 23.2 Å². The minimum Gasteiger partial charge on any atom is -0.315 e. The molecule has 1 saturated carbocycles. The lowest BCUT2D eigenvalue weighted by Crippen LogP contribution is -2.29. The molecule has 2 atom stereocenters. The van der Waals surface area contributed by atoms with Gasteiger partial charge in [-0.3, -0.25) is 4.79 Å². The van der Waals surface area contributed by atoms with Gasteiger partial charge in [0.25, 0.3) is 0 Å². The summed E-state index contributed by atoms with van der Waals surface area (Å²) in [5, 5.41) is 0.566. The van der Waals surface area contributed by atoms with Crippen LogP contribution in [-0.4, -0.2) is 18.2 Å². The van der Waals surface area contributed by atoms with Gasteiger partial charge in [0.2, 0.25) is 5.91 Å². The molecular weight excluding hydrogens is 434 g/mol. The van der Waals surface area contributed by atoms with Gasteiger partial charge in [-0.05, 0) is 80.3 Å². The van der Waals surface area contributed by atoms with Gasteiger partial charge < -0.3 is 4.90 Å². The lowest BCUT2D eigenvalue weighted by Gasteiger charge is -2.32. The van der Waals surface area contributed by atoms with Crippen LogP contribution in [0.5, 0.6) is 0 Å². The van der Waals surface area contributed by atoms with Gasteiger partial charge >= 0.3 is 0 Å². The number of amides is 1. The third kappa shape index (κ3) is 6.76. The highest BCUT2D eigenvalue weighted by Gasteiger charge is 2.27. The van der Waals surface area contributed by atoms with E-state index >= 15 is 0 Å². The van der Waals surface area contributed by atoms with Gasteiger partial charge in [-0.25, -0.2) is 0 Å². The van der Waals surface area contributed by atoms with Crippen LogP contribution in [0, 0.1) is 19.8 Å². The van der Waals surface area contributed by atoms with Crippen molar-refractivity contribution >= 4 is 28.9 Å². The van der Waals surface area contributed by atoms with Gasteiger partial charge in [0.15, 0.2) is 0 Å². The van der Waals surface area contributed by atoms with E-state index in [2.05, 4.69) is 81.1 Å². The van der Waals surface area contributed by atoms with Crippen LogP contribution >= 0.6 is 11.8 Å². The van der Waals surface area contributed by atoms with Gasteiger partial charge in [-0.1, -0.05) is 74.1 Å². The van der Waals surface area contributed by atoms with Gasteiger partial charge in [0, 0.05) is 29.3 Å².